The SMILES string of the molecule is CCCCC(CC)C(=O)O.CCCCCCCCCCCCCCCCCCOC(=O)C(CC)CCCC. The average molecular weight is 541 g/mol. The summed E-state index contributed by atoms with van der Waals surface area (Å²) in [5, 5.41) is 8.60. The maximum absolute atomic E-state index is 12.0. The predicted molar refractivity (Wildman–Crippen MR) is 165 cm³/mol. The Hall–Kier alpha value is -1.06. The maximum Gasteiger partial charge on any atom is 0.308 e. The minimum absolute atomic E-state index is 0.0388. The molecule has 0 aliphatic carbocycles. The Balaban J connectivity index is 0. The van der Waals surface area contributed by atoms with Crippen LogP contribution in [0.2, 0.25) is 0 Å². The number of hydrogen-bond acceptors (Lipinski definition) is 3. The largest absolute Gasteiger partial charge is 0.481 e. The van der Waals surface area contributed by atoms with E-state index in [2.05, 4.69) is 27.7 Å². The molecule has 0 aromatic rings. The van der Waals surface area contributed by atoms with E-state index in [-0.39, 0.29) is 17.8 Å². The molecule has 0 fully saturated rings. The molecule has 0 aliphatic rings. The van der Waals surface area contributed by atoms with Crippen molar-refractivity contribution in [2.45, 2.75) is 189 Å². The van der Waals surface area contributed by atoms with Gasteiger partial charge in [0.1, 0.15) is 0 Å². The number of unbranched alkanes of at least 4 members (excludes halogenated alkanes) is 17. The van der Waals surface area contributed by atoms with Gasteiger partial charge in [0.25, 0.3) is 0 Å². The zero-order valence-electron chi connectivity index (χ0n) is 26.5. The van der Waals surface area contributed by atoms with Gasteiger partial charge in [-0.15, -0.1) is 0 Å². The first-order valence-electron chi connectivity index (χ1n) is 16.9. The van der Waals surface area contributed by atoms with E-state index in [0.29, 0.717) is 6.61 Å². The molecule has 0 aromatic carbocycles. The quantitative estimate of drug-likeness (QED) is 0.0831. The highest BCUT2D eigenvalue weighted by atomic mass is 16.5. The fourth-order valence-electron chi connectivity index (χ4n) is 4.83. The Morgan fingerprint density at radius 3 is 1.18 bits per heavy atom. The number of carboxylic acid groups (broad SMARTS) is 1. The Labute approximate surface area is 238 Å². The summed E-state index contributed by atoms with van der Waals surface area (Å²) in [5.41, 5.74) is 0. The zero-order chi connectivity index (χ0) is 28.7. The average Bonchev–Trinajstić information content (AvgIpc) is 2.91. The lowest BCUT2D eigenvalue weighted by atomic mass is 10.00. The molecule has 0 amide bonds. The van der Waals surface area contributed by atoms with Crippen LogP contribution in [0.15, 0.2) is 0 Å². The molecule has 38 heavy (non-hydrogen) atoms. The first kappa shape index (κ1) is 39.1. The molecule has 228 valence electrons. The van der Waals surface area contributed by atoms with E-state index in [9.17, 15) is 9.59 Å². The van der Waals surface area contributed by atoms with Crippen LogP contribution >= 0.6 is 0 Å². The lowest BCUT2D eigenvalue weighted by Crippen LogP contribution is -2.17. The van der Waals surface area contributed by atoms with Gasteiger partial charge >= 0.3 is 11.9 Å². The lowest BCUT2D eigenvalue weighted by molar-refractivity contribution is -0.149. The Bertz CT molecular complexity index is 491. The van der Waals surface area contributed by atoms with Crippen molar-refractivity contribution < 1.29 is 19.4 Å². The summed E-state index contributed by atoms with van der Waals surface area (Å²) in [4.78, 5) is 22.5. The molecule has 0 radical (unpaired) electrons. The minimum Gasteiger partial charge on any atom is -0.481 e. The molecule has 0 heterocycles. The van der Waals surface area contributed by atoms with E-state index >= 15 is 0 Å². The van der Waals surface area contributed by atoms with Crippen molar-refractivity contribution in [2.24, 2.45) is 11.8 Å². The van der Waals surface area contributed by atoms with Crippen LogP contribution in [0, 0.1) is 11.8 Å². The van der Waals surface area contributed by atoms with Gasteiger partial charge in [-0.25, -0.2) is 0 Å². The van der Waals surface area contributed by atoms with Gasteiger partial charge in [0, 0.05) is 0 Å². The fraction of sp³-hybridized carbons (Fsp3) is 0.941. The normalized spacial score (nSPS) is 12.4. The molecular formula is C34H68O4. The number of carbonyl (C=O) groups is 2. The molecule has 0 aliphatic heterocycles. The number of hydrogen-bond donors (Lipinski definition) is 1. The molecule has 0 aromatic heterocycles. The van der Waals surface area contributed by atoms with Crippen molar-refractivity contribution in [1.82, 2.24) is 0 Å². The Kier molecular flexibility index (Phi) is 33.1. The minimum atomic E-state index is -0.643. The van der Waals surface area contributed by atoms with E-state index in [1.165, 1.54) is 96.3 Å². The maximum atomic E-state index is 12.0. The summed E-state index contributed by atoms with van der Waals surface area (Å²) in [6.07, 6.45) is 29.9. The molecule has 2 atom stereocenters. The van der Waals surface area contributed by atoms with Crippen molar-refractivity contribution in [3.63, 3.8) is 0 Å². The highest BCUT2D eigenvalue weighted by Crippen LogP contribution is 2.16. The van der Waals surface area contributed by atoms with Crippen LogP contribution in [0.1, 0.15) is 189 Å². The second kappa shape index (κ2) is 32.2. The first-order valence-corrected chi connectivity index (χ1v) is 16.9. The number of esters is 1. The highest BCUT2D eigenvalue weighted by molar-refractivity contribution is 5.72. The second-order valence-electron chi connectivity index (χ2n) is 11.3. The Morgan fingerprint density at radius 1 is 0.500 bits per heavy atom. The van der Waals surface area contributed by atoms with Gasteiger partial charge in [-0.3, -0.25) is 9.59 Å². The van der Waals surface area contributed by atoms with Crippen LogP contribution in [0.5, 0.6) is 0 Å². The van der Waals surface area contributed by atoms with Gasteiger partial charge in [-0.2, -0.15) is 0 Å². The number of rotatable bonds is 27. The molecule has 4 heteroatoms. The number of carbonyl (C=O) groups excluding carboxylic acids is 1. The van der Waals surface area contributed by atoms with Gasteiger partial charge < -0.3 is 9.84 Å². The first-order chi connectivity index (χ1) is 18.5. The lowest BCUT2D eigenvalue weighted by Gasteiger charge is -2.13. The third kappa shape index (κ3) is 28.0. The van der Waals surface area contributed by atoms with E-state index in [1.54, 1.807) is 0 Å². The smallest absolute Gasteiger partial charge is 0.308 e. The van der Waals surface area contributed by atoms with Crippen molar-refractivity contribution >= 4 is 11.9 Å². The zero-order valence-corrected chi connectivity index (χ0v) is 26.5. The van der Waals surface area contributed by atoms with Crippen LogP contribution in [0.25, 0.3) is 0 Å². The van der Waals surface area contributed by atoms with Gasteiger partial charge in [0.15, 0.2) is 0 Å². The third-order valence-electron chi connectivity index (χ3n) is 7.72. The summed E-state index contributed by atoms with van der Waals surface area (Å²) in [6.45, 7) is 11.2. The van der Waals surface area contributed by atoms with Crippen LogP contribution in [-0.2, 0) is 14.3 Å². The van der Waals surface area contributed by atoms with E-state index in [1.807, 2.05) is 6.92 Å². The summed E-state index contributed by atoms with van der Waals surface area (Å²) in [5.74, 6) is -0.589. The molecule has 0 spiro atoms. The molecule has 1 N–H and O–H groups in total. The summed E-state index contributed by atoms with van der Waals surface area (Å²) >= 11 is 0. The highest BCUT2D eigenvalue weighted by Gasteiger charge is 2.16. The van der Waals surface area contributed by atoms with Crippen LogP contribution in [0.4, 0.5) is 0 Å². The topological polar surface area (TPSA) is 63.6 Å². The molecular weight excluding hydrogens is 472 g/mol. The van der Waals surface area contributed by atoms with Gasteiger partial charge in [0.05, 0.1) is 18.4 Å². The van der Waals surface area contributed by atoms with Crippen molar-refractivity contribution in [3.8, 4) is 0 Å². The van der Waals surface area contributed by atoms with Gasteiger partial charge in [0.2, 0.25) is 0 Å². The third-order valence-corrected chi connectivity index (χ3v) is 7.72. The fourth-order valence-corrected chi connectivity index (χ4v) is 4.83. The van der Waals surface area contributed by atoms with Crippen molar-refractivity contribution in [1.29, 1.82) is 0 Å². The van der Waals surface area contributed by atoms with Crippen LogP contribution in [0.3, 0.4) is 0 Å². The van der Waals surface area contributed by atoms with Gasteiger partial charge in [-0.05, 0) is 32.1 Å². The summed E-state index contributed by atoms with van der Waals surface area (Å²) < 4.78 is 5.47. The number of carboxylic acids is 1. The molecule has 2 unspecified atom stereocenters. The molecule has 0 saturated carbocycles. The monoisotopic (exact) mass is 541 g/mol. The van der Waals surface area contributed by atoms with Crippen molar-refractivity contribution in [2.75, 3.05) is 6.61 Å². The van der Waals surface area contributed by atoms with Crippen molar-refractivity contribution in [3.05, 3.63) is 0 Å². The molecule has 0 saturated heterocycles. The number of ether oxygens (including phenoxy) is 1. The van der Waals surface area contributed by atoms with E-state index in [0.717, 1.165) is 57.8 Å². The summed E-state index contributed by atoms with van der Waals surface area (Å²) in [7, 11) is 0. The van der Waals surface area contributed by atoms with Crippen LogP contribution in [-0.4, -0.2) is 23.7 Å². The van der Waals surface area contributed by atoms with Gasteiger partial charge in [-0.1, -0.05) is 157 Å². The molecule has 0 rings (SSSR count). The molecule has 4 nitrogen and oxygen atoms in total. The Morgan fingerprint density at radius 2 is 0.842 bits per heavy atom. The number of aliphatic carboxylic acids is 1. The van der Waals surface area contributed by atoms with E-state index in [4.69, 9.17) is 9.84 Å². The standard InChI is InChI=1S/C26H52O2.C8H16O2/c1-4-7-9-10-11-12-13-14-15-16-17-18-19-20-21-22-24-28-26(27)25(6-3)23-8-5-2;1-3-5-6-7(4-2)8(9)10/h25H,4-24H2,1-3H3;7H,3-6H2,1-2H3,(H,9,10). The van der Waals surface area contributed by atoms with E-state index < -0.39 is 5.97 Å². The second-order valence-corrected chi connectivity index (χ2v) is 11.3. The summed E-state index contributed by atoms with van der Waals surface area (Å²) in [6, 6.07) is 0. The van der Waals surface area contributed by atoms with Crippen LogP contribution < -0.4 is 0 Å². The molecule has 0 bridgehead atoms. The predicted octanol–water partition coefficient (Wildman–Crippen LogP) is 11.3.